The maximum atomic E-state index is 12.0. The molecule has 2 rings (SSSR count). The summed E-state index contributed by atoms with van der Waals surface area (Å²) in [6.45, 7) is 15.5. The Balaban J connectivity index is 2.58. The molecule has 1 aliphatic rings. The molecule has 1 aromatic rings. The van der Waals surface area contributed by atoms with Crippen LogP contribution in [0.4, 0.5) is 5.95 Å². The van der Waals surface area contributed by atoms with Crippen LogP contribution in [0.3, 0.4) is 0 Å². The van der Waals surface area contributed by atoms with Crippen molar-refractivity contribution in [2.24, 2.45) is 0 Å². The van der Waals surface area contributed by atoms with Gasteiger partial charge in [0.15, 0.2) is 6.10 Å². The van der Waals surface area contributed by atoms with Crippen molar-refractivity contribution in [1.29, 1.82) is 0 Å². The van der Waals surface area contributed by atoms with Crippen LogP contribution in [0.2, 0.25) is 0 Å². The topological polar surface area (TPSA) is 75.5 Å². The number of carboxylic acid groups (broad SMARTS) is 1. The van der Waals surface area contributed by atoms with Gasteiger partial charge in [0.1, 0.15) is 0 Å². The number of anilines is 1. The van der Waals surface area contributed by atoms with E-state index in [9.17, 15) is 9.90 Å². The summed E-state index contributed by atoms with van der Waals surface area (Å²) in [6, 6.07) is 0. The Labute approximate surface area is 157 Å². The Morgan fingerprint density at radius 3 is 2.12 bits per heavy atom. The van der Waals surface area contributed by atoms with Crippen LogP contribution in [-0.4, -0.2) is 39.7 Å². The molecule has 2 heterocycles. The van der Waals surface area contributed by atoms with Gasteiger partial charge in [0.25, 0.3) is 0 Å². The molecular weight excluding hydrogens is 330 g/mol. The van der Waals surface area contributed by atoms with E-state index in [-0.39, 0.29) is 5.41 Å². The van der Waals surface area contributed by atoms with Gasteiger partial charge in [-0.05, 0) is 47.0 Å². The smallest absolute Gasteiger partial charge is 0.337 e. The van der Waals surface area contributed by atoms with E-state index in [2.05, 4.69) is 9.88 Å². The number of hydrogen-bond donors (Lipinski definition) is 1. The highest BCUT2D eigenvalue weighted by Gasteiger charge is 2.35. The lowest BCUT2D eigenvalue weighted by atomic mass is 9.86. The summed E-state index contributed by atoms with van der Waals surface area (Å²) < 4.78 is 5.89. The fourth-order valence-electron chi connectivity index (χ4n) is 3.27. The molecule has 1 saturated heterocycles. The first-order valence-corrected chi connectivity index (χ1v) is 9.45. The average molecular weight is 364 g/mol. The Kier molecular flexibility index (Phi) is 5.95. The number of carboxylic acids is 1. The number of carbonyl (C=O) groups is 1. The predicted molar refractivity (Wildman–Crippen MR) is 103 cm³/mol. The first-order chi connectivity index (χ1) is 11.9. The molecule has 1 fully saturated rings. The Morgan fingerprint density at radius 2 is 1.65 bits per heavy atom. The molecule has 0 radical (unpaired) electrons. The quantitative estimate of drug-likeness (QED) is 0.871. The highest BCUT2D eigenvalue weighted by Crippen LogP contribution is 2.35. The second kappa shape index (κ2) is 7.51. The van der Waals surface area contributed by atoms with E-state index in [0.29, 0.717) is 17.2 Å². The second-order valence-electron chi connectivity index (χ2n) is 9.12. The fraction of sp³-hybridized carbons (Fsp3) is 0.750. The van der Waals surface area contributed by atoms with Crippen molar-refractivity contribution in [2.75, 3.05) is 18.0 Å². The third-order valence-electron chi connectivity index (χ3n) is 4.43. The van der Waals surface area contributed by atoms with E-state index in [1.165, 1.54) is 6.42 Å². The first kappa shape index (κ1) is 20.6. The van der Waals surface area contributed by atoms with Gasteiger partial charge in [0, 0.05) is 29.8 Å². The number of rotatable bonds is 4. The fourth-order valence-corrected chi connectivity index (χ4v) is 3.27. The SMILES string of the molecule is Cc1nc(N2CCCCC2)nc(C(C)(C)C)c1C(OC(C)(C)C)C(=O)O. The van der Waals surface area contributed by atoms with Crippen LogP contribution in [-0.2, 0) is 14.9 Å². The largest absolute Gasteiger partial charge is 0.479 e. The van der Waals surface area contributed by atoms with Gasteiger partial charge in [-0.15, -0.1) is 0 Å². The number of aromatic nitrogens is 2. The van der Waals surface area contributed by atoms with Crippen LogP contribution in [0.25, 0.3) is 0 Å². The van der Waals surface area contributed by atoms with Gasteiger partial charge in [-0.3, -0.25) is 0 Å². The van der Waals surface area contributed by atoms with E-state index in [1.54, 1.807) is 0 Å². The Hall–Kier alpha value is -1.69. The molecule has 0 saturated carbocycles. The zero-order chi connectivity index (χ0) is 19.7. The lowest BCUT2D eigenvalue weighted by Gasteiger charge is -2.32. The minimum atomic E-state index is -1.08. The third kappa shape index (κ3) is 4.93. The summed E-state index contributed by atoms with van der Waals surface area (Å²) in [6.07, 6.45) is 2.43. The normalized spacial score (nSPS) is 17.3. The predicted octanol–water partition coefficient (Wildman–Crippen LogP) is 4.01. The molecule has 1 aromatic heterocycles. The zero-order valence-corrected chi connectivity index (χ0v) is 17.2. The summed E-state index contributed by atoms with van der Waals surface area (Å²) in [5.41, 5.74) is 1.11. The molecule has 6 nitrogen and oxygen atoms in total. The van der Waals surface area contributed by atoms with Crippen LogP contribution in [0.15, 0.2) is 0 Å². The lowest BCUT2D eigenvalue weighted by molar-refractivity contribution is -0.161. The molecule has 0 aliphatic carbocycles. The molecule has 0 spiro atoms. The van der Waals surface area contributed by atoms with E-state index in [0.717, 1.165) is 31.6 Å². The first-order valence-electron chi connectivity index (χ1n) is 9.45. The van der Waals surface area contributed by atoms with Gasteiger partial charge < -0.3 is 14.7 Å². The number of nitrogens with zero attached hydrogens (tertiary/aromatic N) is 3. The van der Waals surface area contributed by atoms with Crippen molar-refractivity contribution < 1.29 is 14.6 Å². The van der Waals surface area contributed by atoms with Gasteiger partial charge in [0.05, 0.1) is 11.3 Å². The standard InChI is InChI=1S/C20H33N3O3/c1-13-14(15(17(24)25)26-20(5,6)7)16(19(2,3)4)22-18(21-13)23-11-9-8-10-12-23/h15H,8-12H2,1-7H3,(H,24,25). The second-order valence-corrected chi connectivity index (χ2v) is 9.12. The van der Waals surface area contributed by atoms with Crippen LogP contribution >= 0.6 is 0 Å². The number of aliphatic carboxylic acids is 1. The molecule has 1 N–H and O–H groups in total. The monoisotopic (exact) mass is 363 g/mol. The van der Waals surface area contributed by atoms with Crippen molar-refractivity contribution in [3.8, 4) is 0 Å². The third-order valence-corrected chi connectivity index (χ3v) is 4.43. The number of piperidine rings is 1. The highest BCUT2D eigenvalue weighted by atomic mass is 16.5. The minimum absolute atomic E-state index is 0.317. The van der Waals surface area contributed by atoms with Crippen molar-refractivity contribution >= 4 is 11.9 Å². The van der Waals surface area contributed by atoms with E-state index < -0.39 is 17.7 Å². The van der Waals surface area contributed by atoms with Crippen LogP contribution in [0.1, 0.15) is 83.9 Å². The summed E-state index contributed by atoms with van der Waals surface area (Å²) >= 11 is 0. The van der Waals surface area contributed by atoms with Crippen LogP contribution in [0, 0.1) is 6.92 Å². The molecule has 1 unspecified atom stereocenters. The van der Waals surface area contributed by atoms with Crippen LogP contribution < -0.4 is 4.90 Å². The van der Waals surface area contributed by atoms with Crippen molar-refractivity contribution in [3.63, 3.8) is 0 Å². The van der Waals surface area contributed by atoms with Crippen LogP contribution in [0.5, 0.6) is 0 Å². The van der Waals surface area contributed by atoms with E-state index in [1.807, 2.05) is 48.5 Å². The summed E-state index contributed by atoms with van der Waals surface area (Å²) in [4.78, 5) is 23.7. The maximum Gasteiger partial charge on any atom is 0.337 e. The molecule has 0 amide bonds. The maximum absolute atomic E-state index is 12.0. The summed E-state index contributed by atoms with van der Waals surface area (Å²) in [7, 11) is 0. The molecule has 6 heteroatoms. The Bertz CT molecular complexity index is 653. The molecule has 146 valence electrons. The molecule has 1 atom stereocenters. The highest BCUT2D eigenvalue weighted by molar-refractivity contribution is 5.75. The number of ether oxygens (including phenoxy) is 1. The molecule has 26 heavy (non-hydrogen) atoms. The van der Waals surface area contributed by atoms with Crippen molar-refractivity contribution in [2.45, 2.75) is 84.8 Å². The summed E-state index contributed by atoms with van der Waals surface area (Å²) in [5, 5.41) is 9.83. The van der Waals surface area contributed by atoms with Gasteiger partial charge in [0.2, 0.25) is 5.95 Å². The molecular formula is C20H33N3O3. The van der Waals surface area contributed by atoms with Crippen molar-refractivity contribution in [1.82, 2.24) is 9.97 Å². The average Bonchev–Trinajstić information content (AvgIpc) is 2.51. The Morgan fingerprint density at radius 1 is 1.08 bits per heavy atom. The van der Waals surface area contributed by atoms with Gasteiger partial charge in [-0.25, -0.2) is 14.8 Å². The molecule has 0 bridgehead atoms. The summed E-state index contributed by atoms with van der Waals surface area (Å²) in [5.74, 6) is -0.307. The zero-order valence-electron chi connectivity index (χ0n) is 17.2. The number of aryl methyl sites for hydroxylation is 1. The molecule has 1 aliphatic heterocycles. The minimum Gasteiger partial charge on any atom is -0.479 e. The van der Waals surface area contributed by atoms with Gasteiger partial charge >= 0.3 is 5.97 Å². The molecule has 0 aromatic carbocycles. The number of hydrogen-bond acceptors (Lipinski definition) is 5. The lowest BCUT2D eigenvalue weighted by Crippen LogP contribution is -2.34. The van der Waals surface area contributed by atoms with Gasteiger partial charge in [-0.1, -0.05) is 20.8 Å². The van der Waals surface area contributed by atoms with Gasteiger partial charge in [-0.2, -0.15) is 0 Å². The van der Waals surface area contributed by atoms with Crippen molar-refractivity contribution in [3.05, 3.63) is 17.0 Å². The van der Waals surface area contributed by atoms with E-state index >= 15 is 0 Å². The van der Waals surface area contributed by atoms with E-state index in [4.69, 9.17) is 9.72 Å².